The summed E-state index contributed by atoms with van der Waals surface area (Å²) in [7, 11) is 0. The summed E-state index contributed by atoms with van der Waals surface area (Å²) in [5.74, 6) is -0.776. The van der Waals surface area contributed by atoms with Gasteiger partial charge in [0.25, 0.3) is 17.0 Å². The number of imide groups is 1. The molecule has 0 atom stereocenters. The van der Waals surface area contributed by atoms with E-state index in [-0.39, 0.29) is 23.3 Å². The lowest BCUT2D eigenvalue weighted by atomic mass is 10.1. The van der Waals surface area contributed by atoms with Crippen molar-refractivity contribution in [3.63, 3.8) is 0 Å². The minimum atomic E-state index is -0.446. The van der Waals surface area contributed by atoms with Gasteiger partial charge in [-0.3, -0.25) is 19.3 Å². The number of amides is 2. The first-order valence-corrected chi connectivity index (χ1v) is 9.93. The van der Waals surface area contributed by atoms with Crippen molar-refractivity contribution in [2.75, 3.05) is 12.3 Å². The number of ketones is 1. The first-order valence-electron chi connectivity index (χ1n) is 8.94. The summed E-state index contributed by atoms with van der Waals surface area (Å²) in [6.45, 7) is 3.69. The summed E-state index contributed by atoms with van der Waals surface area (Å²) in [5.41, 5.74) is 3.65. The van der Waals surface area contributed by atoms with Gasteiger partial charge in [-0.2, -0.15) is 0 Å². The number of carbonyl (C=O) groups excluding carboxylic acids is 3. The van der Waals surface area contributed by atoms with Crippen LogP contribution >= 0.6 is 11.8 Å². The van der Waals surface area contributed by atoms with Crippen molar-refractivity contribution in [1.29, 1.82) is 0 Å². The molecule has 8 heteroatoms. The first kappa shape index (κ1) is 19.1. The predicted octanol–water partition coefficient (Wildman–Crippen LogP) is 3.31. The van der Waals surface area contributed by atoms with Crippen molar-refractivity contribution in [1.82, 2.24) is 15.1 Å². The van der Waals surface area contributed by atoms with Gasteiger partial charge in [-0.25, -0.2) is 0 Å². The second kappa shape index (κ2) is 7.63. The average Bonchev–Trinajstić information content (AvgIpc) is 3.26. The molecule has 4 rings (SSSR count). The molecule has 2 heterocycles. The number of aryl methyl sites for hydroxylation is 2. The van der Waals surface area contributed by atoms with Gasteiger partial charge in [0.1, 0.15) is 0 Å². The second-order valence-electron chi connectivity index (χ2n) is 6.82. The molecule has 0 N–H and O–H groups in total. The van der Waals surface area contributed by atoms with Crippen molar-refractivity contribution in [2.45, 2.75) is 19.1 Å². The molecule has 2 aromatic carbocycles. The maximum atomic E-state index is 12.3. The lowest BCUT2D eigenvalue weighted by Crippen LogP contribution is -2.35. The molecule has 29 heavy (non-hydrogen) atoms. The van der Waals surface area contributed by atoms with Crippen LogP contribution in [0, 0.1) is 13.8 Å². The zero-order valence-corrected chi connectivity index (χ0v) is 16.7. The molecule has 0 aliphatic carbocycles. The third kappa shape index (κ3) is 3.84. The third-order valence-corrected chi connectivity index (χ3v) is 5.32. The minimum absolute atomic E-state index is 0.0158. The first-order chi connectivity index (χ1) is 13.9. The van der Waals surface area contributed by atoms with Crippen molar-refractivity contribution in [3.8, 4) is 11.5 Å². The number of Topliss-reactive ketones (excluding diaryl/α,β-unsaturated/α-hetero) is 1. The molecule has 2 amide bonds. The van der Waals surface area contributed by atoms with Gasteiger partial charge in [-0.05, 0) is 38.1 Å². The number of rotatable bonds is 6. The normalized spacial score (nSPS) is 13.1. The van der Waals surface area contributed by atoms with E-state index in [0.717, 1.165) is 33.4 Å². The van der Waals surface area contributed by atoms with Crippen LogP contribution in [0.3, 0.4) is 0 Å². The highest BCUT2D eigenvalue weighted by Gasteiger charge is 2.36. The van der Waals surface area contributed by atoms with E-state index in [9.17, 15) is 14.4 Å². The number of hydrogen-bond acceptors (Lipinski definition) is 7. The standard InChI is InChI=1S/C21H17N3O4S/c1-12-7-13(2)9-14(8-12)18-22-23-21(28-18)29-11-15(25)10-24-19(26)16-5-3-4-6-17(16)20(24)27/h3-9H,10-11H2,1-2H3. The molecule has 0 fully saturated rings. The fourth-order valence-electron chi connectivity index (χ4n) is 3.23. The molecule has 0 spiro atoms. The predicted molar refractivity (Wildman–Crippen MR) is 107 cm³/mol. The quantitative estimate of drug-likeness (QED) is 0.457. The Morgan fingerprint density at radius 1 is 1.00 bits per heavy atom. The van der Waals surface area contributed by atoms with Crippen LogP contribution < -0.4 is 0 Å². The summed E-state index contributed by atoms with van der Waals surface area (Å²) in [6.07, 6.45) is 0. The van der Waals surface area contributed by atoms with Crippen LogP contribution in [0.4, 0.5) is 0 Å². The Balaban J connectivity index is 1.38. The number of fused-ring (bicyclic) bond motifs is 1. The van der Waals surface area contributed by atoms with Crippen molar-refractivity contribution in [2.24, 2.45) is 0 Å². The molecule has 1 aromatic heterocycles. The average molecular weight is 407 g/mol. The van der Waals surface area contributed by atoms with Crippen LogP contribution in [0.5, 0.6) is 0 Å². The number of aromatic nitrogens is 2. The molecule has 146 valence electrons. The Hall–Kier alpha value is -3.26. The SMILES string of the molecule is Cc1cc(C)cc(-c2nnc(SCC(=O)CN3C(=O)c4ccccc4C3=O)o2)c1. The fraction of sp³-hybridized carbons (Fsp3) is 0.190. The van der Waals surface area contributed by atoms with Crippen molar-refractivity contribution in [3.05, 3.63) is 64.7 Å². The van der Waals surface area contributed by atoms with Gasteiger partial charge < -0.3 is 4.42 Å². The number of benzene rings is 2. The maximum Gasteiger partial charge on any atom is 0.277 e. The summed E-state index contributed by atoms with van der Waals surface area (Å²) in [5, 5.41) is 8.26. The Morgan fingerprint density at radius 3 is 2.24 bits per heavy atom. The van der Waals surface area contributed by atoms with Crippen LogP contribution in [0.25, 0.3) is 11.5 Å². The zero-order chi connectivity index (χ0) is 20.5. The Kier molecular flexibility index (Phi) is 5.02. The molecule has 1 aliphatic rings. The third-order valence-electron chi connectivity index (χ3n) is 4.44. The molecule has 7 nitrogen and oxygen atoms in total. The number of hydrogen-bond donors (Lipinski definition) is 0. The van der Waals surface area contributed by atoms with Gasteiger partial charge in [0.2, 0.25) is 5.89 Å². The lowest BCUT2D eigenvalue weighted by Gasteiger charge is -2.11. The molecule has 0 bridgehead atoms. The highest BCUT2D eigenvalue weighted by molar-refractivity contribution is 7.99. The summed E-state index contributed by atoms with van der Waals surface area (Å²) in [6, 6.07) is 12.5. The van der Waals surface area contributed by atoms with Crippen LogP contribution in [0.15, 0.2) is 52.1 Å². The number of nitrogens with zero attached hydrogens (tertiary/aromatic N) is 3. The van der Waals surface area contributed by atoms with Crippen LogP contribution in [0.2, 0.25) is 0 Å². The zero-order valence-electron chi connectivity index (χ0n) is 15.8. The van der Waals surface area contributed by atoms with E-state index in [1.54, 1.807) is 24.3 Å². The highest BCUT2D eigenvalue weighted by Crippen LogP contribution is 2.26. The molecule has 0 unspecified atom stereocenters. The lowest BCUT2D eigenvalue weighted by molar-refractivity contribution is -0.116. The van der Waals surface area contributed by atoms with Crippen molar-refractivity contribution < 1.29 is 18.8 Å². The summed E-state index contributed by atoms with van der Waals surface area (Å²) < 4.78 is 5.63. The smallest absolute Gasteiger partial charge is 0.277 e. The van der Waals surface area contributed by atoms with Gasteiger partial charge in [-0.1, -0.05) is 41.1 Å². The van der Waals surface area contributed by atoms with E-state index in [0.29, 0.717) is 17.0 Å². The van der Waals surface area contributed by atoms with Gasteiger partial charge in [-0.15, -0.1) is 10.2 Å². The van der Waals surface area contributed by atoms with Gasteiger partial charge in [0.05, 0.1) is 23.4 Å². The van der Waals surface area contributed by atoms with Gasteiger partial charge in [0, 0.05) is 5.56 Å². The Labute approximate surface area is 171 Å². The Morgan fingerprint density at radius 2 is 1.62 bits per heavy atom. The summed E-state index contributed by atoms with van der Waals surface area (Å²) in [4.78, 5) is 38.0. The second-order valence-corrected chi connectivity index (χ2v) is 7.75. The van der Waals surface area contributed by atoms with E-state index in [4.69, 9.17) is 4.42 Å². The topological polar surface area (TPSA) is 93.4 Å². The number of thioether (sulfide) groups is 1. The van der Waals surface area contributed by atoms with Crippen LogP contribution in [-0.4, -0.2) is 45.0 Å². The maximum absolute atomic E-state index is 12.3. The van der Waals surface area contributed by atoms with Gasteiger partial charge >= 0.3 is 0 Å². The van der Waals surface area contributed by atoms with E-state index >= 15 is 0 Å². The molecule has 1 aliphatic heterocycles. The van der Waals surface area contributed by atoms with Crippen LogP contribution in [-0.2, 0) is 4.79 Å². The van der Waals surface area contributed by atoms with E-state index in [1.165, 1.54) is 0 Å². The van der Waals surface area contributed by atoms with Gasteiger partial charge in [0.15, 0.2) is 5.78 Å². The molecule has 0 saturated heterocycles. The Bertz CT molecular complexity index is 1080. The molecule has 0 saturated carbocycles. The van der Waals surface area contributed by atoms with Crippen LogP contribution in [0.1, 0.15) is 31.8 Å². The van der Waals surface area contributed by atoms with Crippen molar-refractivity contribution >= 4 is 29.4 Å². The summed E-state index contributed by atoms with van der Waals surface area (Å²) >= 11 is 1.08. The molecular weight excluding hydrogens is 390 g/mol. The molecular formula is C21H17N3O4S. The molecule has 3 aromatic rings. The fourth-order valence-corrected chi connectivity index (χ4v) is 3.84. The highest BCUT2D eigenvalue weighted by atomic mass is 32.2. The van der Waals surface area contributed by atoms with E-state index in [1.807, 2.05) is 32.0 Å². The van der Waals surface area contributed by atoms with E-state index in [2.05, 4.69) is 10.2 Å². The number of carbonyl (C=O) groups is 3. The molecule has 0 radical (unpaired) electrons. The largest absolute Gasteiger partial charge is 0.411 e. The monoisotopic (exact) mass is 407 g/mol. The van der Waals surface area contributed by atoms with E-state index < -0.39 is 11.8 Å². The minimum Gasteiger partial charge on any atom is -0.411 e.